The van der Waals surface area contributed by atoms with Crippen LogP contribution in [0.15, 0.2) is 84.9 Å². The van der Waals surface area contributed by atoms with Crippen molar-refractivity contribution in [3.63, 3.8) is 0 Å². The molecule has 3 heterocycles. The molecule has 0 spiro atoms. The molecule has 8 heteroatoms. The van der Waals surface area contributed by atoms with E-state index in [9.17, 15) is 9.59 Å². The van der Waals surface area contributed by atoms with Gasteiger partial charge in [-0.15, -0.1) is 11.8 Å². The fourth-order valence-corrected chi connectivity index (χ4v) is 5.83. The lowest BCUT2D eigenvalue weighted by Crippen LogP contribution is -2.44. The number of aromatic nitrogens is 2. The van der Waals surface area contributed by atoms with E-state index < -0.39 is 11.3 Å². The monoisotopic (exact) mass is 498 g/mol. The summed E-state index contributed by atoms with van der Waals surface area (Å²) in [6.45, 7) is 0. The number of rotatable bonds is 4. The van der Waals surface area contributed by atoms with Gasteiger partial charge >= 0.3 is 0 Å². The summed E-state index contributed by atoms with van der Waals surface area (Å²) in [6, 6.07) is 26.8. The third kappa shape index (κ3) is 3.83. The first kappa shape index (κ1) is 21.7. The highest BCUT2D eigenvalue weighted by Gasteiger charge is 2.36. The van der Waals surface area contributed by atoms with Crippen LogP contribution in [0.5, 0.6) is 0 Å². The van der Waals surface area contributed by atoms with E-state index >= 15 is 0 Å². The summed E-state index contributed by atoms with van der Waals surface area (Å²) in [5.41, 5.74) is 7.18. The van der Waals surface area contributed by atoms with Crippen LogP contribution in [0.4, 0.5) is 0 Å². The quantitative estimate of drug-likeness (QED) is 0.320. The van der Waals surface area contributed by atoms with E-state index in [-0.39, 0.29) is 17.4 Å². The number of pyridine rings is 1. The molecule has 0 aliphatic carbocycles. The molecule has 0 saturated carbocycles. The average Bonchev–Trinajstić information content (AvgIpc) is 3.44. The van der Waals surface area contributed by atoms with Crippen LogP contribution in [-0.4, -0.2) is 32.5 Å². The molecule has 2 aromatic heterocycles. The maximum Gasteiger partial charge on any atom is 0.288 e. The first-order valence-electron chi connectivity index (χ1n) is 11.1. The maximum atomic E-state index is 13.5. The number of para-hydroxylation sites is 1. The summed E-state index contributed by atoms with van der Waals surface area (Å²) >= 11 is 7.81. The highest BCUT2D eigenvalue weighted by molar-refractivity contribution is 8.00. The van der Waals surface area contributed by atoms with Crippen LogP contribution in [0.1, 0.15) is 21.4 Å². The van der Waals surface area contributed by atoms with Crippen molar-refractivity contribution in [2.24, 2.45) is 0 Å². The van der Waals surface area contributed by atoms with E-state index in [1.165, 1.54) is 16.8 Å². The van der Waals surface area contributed by atoms with Crippen LogP contribution < -0.4 is 5.43 Å². The molecule has 5 aromatic rings. The second-order valence-corrected chi connectivity index (χ2v) is 9.68. The zero-order valence-electron chi connectivity index (χ0n) is 18.4. The van der Waals surface area contributed by atoms with Crippen LogP contribution in [0.2, 0.25) is 5.02 Å². The smallest absolute Gasteiger partial charge is 0.288 e. The lowest BCUT2D eigenvalue weighted by molar-refractivity contribution is -0.130. The van der Waals surface area contributed by atoms with Crippen molar-refractivity contribution in [1.82, 2.24) is 20.4 Å². The van der Waals surface area contributed by atoms with Gasteiger partial charge in [-0.1, -0.05) is 78.3 Å². The van der Waals surface area contributed by atoms with E-state index in [4.69, 9.17) is 16.6 Å². The molecule has 2 amide bonds. The van der Waals surface area contributed by atoms with Crippen LogP contribution in [0, 0.1) is 0 Å². The maximum absolute atomic E-state index is 13.5. The summed E-state index contributed by atoms with van der Waals surface area (Å²) in [5, 5.41) is 3.38. The van der Waals surface area contributed by atoms with Crippen molar-refractivity contribution in [3.8, 4) is 11.3 Å². The summed E-state index contributed by atoms with van der Waals surface area (Å²) in [7, 11) is 0. The number of hydrogen-bond acceptors (Lipinski definition) is 4. The molecular formula is C27H19ClN4O2S. The number of aromatic amines is 1. The molecule has 0 bridgehead atoms. The Morgan fingerprint density at radius 1 is 1.00 bits per heavy atom. The van der Waals surface area contributed by atoms with Crippen LogP contribution in [0.3, 0.4) is 0 Å². The molecule has 1 atom stereocenters. The zero-order valence-corrected chi connectivity index (χ0v) is 19.9. The molecule has 35 heavy (non-hydrogen) atoms. The van der Waals surface area contributed by atoms with Crippen molar-refractivity contribution in [2.45, 2.75) is 5.37 Å². The van der Waals surface area contributed by atoms with Gasteiger partial charge < -0.3 is 4.98 Å². The standard InChI is InChI=1S/C27H19ClN4O2S/c28-20-12-6-4-11-18(20)27-32(23(33)15-35-27)31-26(34)22-14-19-17-10-5-7-13-21(17)29-25(19)24(30-22)16-8-2-1-3-9-16/h1-14,27,29H,15H2,(H,31,34). The SMILES string of the molecule is O=C(NN1C(=O)CSC1c1ccccc1Cl)c1cc2c([nH]c3ccccc32)c(-c2ccccc2)n1. The Morgan fingerprint density at radius 3 is 2.57 bits per heavy atom. The minimum absolute atomic E-state index is 0.190. The number of carbonyl (C=O) groups is 2. The molecule has 1 saturated heterocycles. The minimum atomic E-state index is -0.456. The largest absolute Gasteiger partial charge is 0.353 e. The predicted octanol–water partition coefficient (Wildman–Crippen LogP) is 5.96. The molecule has 2 N–H and O–H groups in total. The average molecular weight is 499 g/mol. The number of H-pyrrole nitrogens is 1. The molecule has 1 fully saturated rings. The number of hydrogen-bond donors (Lipinski definition) is 2. The third-order valence-electron chi connectivity index (χ3n) is 6.04. The first-order chi connectivity index (χ1) is 17.1. The van der Waals surface area contributed by atoms with E-state index in [1.54, 1.807) is 12.1 Å². The molecule has 0 radical (unpaired) electrons. The molecule has 1 unspecified atom stereocenters. The zero-order chi connectivity index (χ0) is 23.9. The van der Waals surface area contributed by atoms with Crippen LogP contribution >= 0.6 is 23.4 Å². The van der Waals surface area contributed by atoms with Gasteiger partial charge in [0.1, 0.15) is 11.1 Å². The number of fused-ring (bicyclic) bond motifs is 3. The Morgan fingerprint density at radius 2 is 1.74 bits per heavy atom. The number of thioether (sulfide) groups is 1. The van der Waals surface area contributed by atoms with Gasteiger partial charge in [0.25, 0.3) is 11.8 Å². The highest BCUT2D eigenvalue weighted by Crippen LogP contribution is 2.40. The number of amides is 2. The highest BCUT2D eigenvalue weighted by atomic mass is 35.5. The van der Waals surface area contributed by atoms with Crippen molar-refractivity contribution < 1.29 is 9.59 Å². The third-order valence-corrected chi connectivity index (χ3v) is 7.58. The van der Waals surface area contributed by atoms with Crippen molar-refractivity contribution in [3.05, 3.63) is 101 Å². The Bertz CT molecular complexity index is 1600. The van der Waals surface area contributed by atoms with Gasteiger partial charge in [-0.3, -0.25) is 15.0 Å². The molecule has 6 rings (SSSR count). The minimum Gasteiger partial charge on any atom is -0.353 e. The van der Waals surface area contributed by atoms with Gasteiger partial charge in [0.05, 0.1) is 17.0 Å². The summed E-state index contributed by atoms with van der Waals surface area (Å²) < 4.78 is 0. The lowest BCUT2D eigenvalue weighted by Gasteiger charge is -2.25. The fraction of sp³-hybridized carbons (Fsp3) is 0.0741. The molecule has 1 aliphatic rings. The van der Waals surface area contributed by atoms with Gasteiger partial charge in [-0.25, -0.2) is 9.99 Å². The topological polar surface area (TPSA) is 78.1 Å². The first-order valence-corrected chi connectivity index (χ1v) is 12.5. The van der Waals surface area contributed by atoms with E-state index in [0.717, 1.165) is 32.9 Å². The molecule has 172 valence electrons. The van der Waals surface area contributed by atoms with E-state index in [2.05, 4.69) is 10.4 Å². The Labute approximate surface area is 210 Å². The number of hydrazine groups is 1. The Hall–Kier alpha value is -3.81. The summed E-state index contributed by atoms with van der Waals surface area (Å²) in [4.78, 5) is 34.3. The molecule has 6 nitrogen and oxygen atoms in total. The predicted molar refractivity (Wildman–Crippen MR) is 140 cm³/mol. The Kier molecular flexibility index (Phi) is 5.43. The van der Waals surface area contributed by atoms with Crippen LogP contribution in [-0.2, 0) is 4.79 Å². The van der Waals surface area contributed by atoms with Crippen molar-refractivity contribution >= 4 is 57.0 Å². The Balaban J connectivity index is 1.43. The molecule has 1 aliphatic heterocycles. The van der Waals surface area contributed by atoms with Gasteiger partial charge in [-0.05, 0) is 18.2 Å². The van der Waals surface area contributed by atoms with E-state index in [1.807, 2.05) is 72.8 Å². The molecule has 3 aromatic carbocycles. The second kappa shape index (κ2) is 8.76. The van der Waals surface area contributed by atoms with Gasteiger partial charge in [0.2, 0.25) is 0 Å². The summed E-state index contributed by atoms with van der Waals surface area (Å²) in [5.74, 6) is -0.396. The van der Waals surface area contributed by atoms with Crippen LogP contribution in [0.25, 0.3) is 33.1 Å². The van der Waals surface area contributed by atoms with Crippen molar-refractivity contribution in [2.75, 3.05) is 5.75 Å². The lowest BCUT2D eigenvalue weighted by atomic mass is 10.1. The number of carbonyl (C=O) groups excluding carboxylic acids is 2. The normalized spacial score (nSPS) is 15.7. The van der Waals surface area contributed by atoms with Gasteiger partial charge in [0.15, 0.2) is 0 Å². The van der Waals surface area contributed by atoms with E-state index in [0.29, 0.717) is 10.7 Å². The van der Waals surface area contributed by atoms with Gasteiger partial charge in [0, 0.05) is 32.4 Å². The number of nitrogens with zero attached hydrogens (tertiary/aromatic N) is 2. The summed E-state index contributed by atoms with van der Waals surface area (Å²) in [6.07, 6.45) is 0. The fourth-order valence-electron chi connectivity index (χ4n) is 4.38. The second-order valence-electron chi connectivity index (χ2n) is 8.20. The number of benzene rings is 3. The van der Waals surface area contributed by atoms with Gasteiger partial charge in [-0.2, -0.15) is 0 Å². The van der Waals surface area contributed by atoms with Crippen molar-refractivity contribution in [1.29, 1.82) is 0 Å². The number of nitrogens with one attached hydrogen (secondary N) is 2. The number of halogens is 1. The molecular weight excluding hydrogens is 480 g/mol.